The molecule has 1 aromatic carbocycles. The molecular weight excluding hydrogens is 271 g/mol. The molecule has 6 heteroatoms. The highest BCUT2D eigenvalue weighted by atomic mass is 19.1. The molecule has 2 heterocycles. The van der Waals surface area contributed by atoms with Gasteiger partial charge in [0.15, 0.2) is 5.69 Å². The summed E-state index contributed by atoms with van der Waals surface area (Å²) in [6, 6.07) is 8.54. The minimum Gasteiger partial charge on any atom is -0.370 e. The molecule has 1 aromatic heterocycles. The number of benzene rings is 1. The maximum atomic E-state index is 13.8. The molecule has 3 rings (SSSR count). The van der Waals surface area contributed by atoms with E-state index in [0.29, 0.717) is 31.1 Å². The number of morpholine rings is 1. The number of hydrogen-bond donors (Lipinski definition) is 0. The summed E-state index contributed by atoms with van der Waals surface area (Å²) >= 11 is 0. The monoisotopic (exact) mass is 284 g/mol. The van der Waals surface area contributed by atoms with Gasteiger partial charge in [0, 0.05) is 12.1 Å². The van der Waals surface area contributed by atoms with Crippen LogP contribution in [0.3, 0.4) is 0 Å². The molecule has 0 N–H and O–H groups in total. The van der Waals surface area contributed by atoms with Crippen molar-refractivity contribution in [2.45, 2.75) is 6.10 Å². The Morgan fingerprint density at radius 2 is 2.14 bits per heavy atom. The highest BCUT2D eigenvalue weighted by Gasteiger charge is 2.25. The Balaban J connectivity index is 1.79. The van der Waals surface area contributed by atoms with Crippen LogP contribution in [0.4, 0.5) is 10.2 Å². The molecule has 0 unspecified atom stereocenters. The summed E-state index contributed by atoms with van der Waals surface area (Å²) in [5.74, 6) is 0.397. The van der Waals surface area contributed by atoms with E-state index in [0.717, 1.165) is 0 Å². The molecule has 1 saturated heterocycles. The van der Waals surface area contributed by atoms with Crippen LogP contribution in [0.15, 0.2) is 36.7 Å². The van der Waals surface area contributed by atoms with Gasteiger partial charge in [-0.1, -0.05) is 18.2 Å². The Bertz CT molecular complexity index is 668. The molecule has 1 fully saturated rings. The molecule has 0 spiro atoms. The highest BCUT2D eigenvalue weighted by Crippen LogP contribution is 2.26. The molecule has 0 aliphatic carbocycles. The average Bonchev–Trinajstić information content (AvgIpc) is 2.55. The van der Waals surface area contributed by atoms with Crippen LogP contribution in [0, 0.1) is 17.1 Å². The molecule has 2 aromatic rings. The normalized spacial score (nSPS) is 18.3. The first kappa shape index (κ1) is 13.5. The molecule has 0 bridgehead atoms. The van der Waals surface area contributed by atoms with Crippen LogP contribution in [-0.2, 0) is 4.74 Å². The lowest BCUT2D eigenvalue weighted by Crippen LogP contribution is -2.39. The molecular formula is C15H13FN4O. The second-order valence-corrected chi connectivity index (χ2v) is 4.70. The zero-order chi connectivity index (χ0) is 14.7. The van der Waals surface area contributed by atoms with E-state index in [1.165, 1.54) is 12.3 Å². The predicted molar refractivity (Wildman–Crippen MR) is 74.1 cm³/mol. The second-order valence-electron chi connectivity index (χ2n) is 4.70. The van der Waals surface area contributed by atoms with Crippen molar-refractivity contribution >= 4 is 5.82 Å². The third kappa shape index (κ3) is 2.83. The van der Waals surface area contributed by atoms with Crippen molar-refractivity contribution in [1.82, 2.24) is 9.97 Å². The van der Waals surface area contributed by atoms with Gasteiger partial charge in [0.05, 0.1) is 25.5 Å². The number of rotatable bonds is 2. The van der Waals surface area contributed by atoms with Crippen molar-refractivity contribution in [2.24, 2.45) is 0 Å². The summed E-state index contributed by atoms with van der Waals surface area (Å²) in [7, 11) is 0. The number of ether oxygens (including phenoxy) is 1. The van der Waals surface area contributed by atoms with Gasteiger partial charge in [0.25, 0.3) is 0 Å². The third-order valence-electron chi connectivity index (χ3n) is 3.40. The minimum absolute atomic E-state index is 0.268. The molecule has 0 radical (unpaired) electrons. The zero-order valence-electron chi connectivity index (χ0n) is 11.2. The van der Waals surface area contributed by atoms with Crippen molar-refractivity contribution in [3.8, 4) is 6.07 Å². The van der Waals surface area contributed by atoms with Gasteiger partial charge in [-0.3, -0.25) is 0 Å². The highest BCUT2D eigenvalue weighted by molar-refractivity contribution is 5.38. The van der Waals surface area contributed by atoms with Crippen LogP contribution in [0.25, 0.3) is 0 Å². The Labute approximate surface area is 121 Å². The van der Waals surface area contributed by atoms with E-state index in [9.17, 15) is 4.39 Å². The molecule has 1 aliphatic rings. The van der Waals surface area contributed by atoms with Crippen LogP contribution in [0.2, 0.25) is 0 Å². The number of nitriles is 1. The number of anilines is 1. The van der Waals surface area contributed by atoms with Gasteiger partial charge in [-0.15, -0.1) is 0 Å². The van der Waals surface area contributed by atoms with Gasteiger partial charge < -0.3 is 9.64 Å². The number of nitrogens with zero attached hydrogens (tertiary/aromatic N) is 4. The number of aromatic nitrogens is 2. The molecule has 0 amide bonds. The average molecular weight is 284 g/mol. The van der Waals surface area contributed by atoms with Crippen LogP contribution in [0.5, 0.6) is 0 Å². The lowest BCUT2D eigenvalue weighted by Gasteiger charge is -2.33. The second kappa shape index (κ2) is 5.85. The molecule has 0 saturated carbocycles. The van der Waals surface area contributed by atoms with Gasteiger partial charge >= 0.3 is 0 Å². The fourth-order valence-corrected chi connectivity index (χ4v) is 2.32. The van der Waals surface area contributed by atoms with Gasteiger partial charge in [-0.05, 0) is 6.07 Å². The standard InChI is InChI=1S/C15H13FN4O/c16-13-4-2-1-3-12(13)14-10-20(5-6-21-14)15-9-18-11(7-17)8-19-15/h1-4,8-9,14H,5-6,10H2/t14-/m1/s1. The molecule has 1 aliphatic heterocycles. The van der Waals surface area contributed by atoms with Crippen LogP contribution in [-0.4, -0.2) is 29.7 Å². The third-order valence-corrected chi connectivity index (χ3v) is 3.40. The molecule has 5 nitrogen and oxygen atoms in total. The van der Waals surface area contributed by atoms with Crippen LogP contribution < -0.4 is 4.90 Å². The topological polar surface area (TPSA) is 62.0 Å². The molecule has 21 heavy (non-hydrogen) atoms. The Kier molecular flexibility index (Phi) is 3.75. The fourth-order valence-electron chi connectivity index (χ4n) is 2.32. The van der Waals surface area contributed by atoms with E-state index >= 15 is 0 Å². The number of hydrogen-bond acceptors (Lipinski definition) is 5. The minimum atomic E-state index is -0.336. The van der Waals surface area contributed by atoms with E-state index in [-0.39, 0.29) is 17.6 Å². The van der Waals surface area contributed by atoms with E-state index in [2.05, 4.69) is 9.97 Å². The van der Waals surface area contributed by atoms with Crippen LogP contribution >= 0.6 is 0 Å². The van der Waals surface area contributed by atoms with Gasteiger partial charge in [-0.25, -0.2) is 14.4 Å². The lowest BCUT2D eigenvalue weighted by molar-refractivity contribution is 0.0372. The van der Waals surface area contributed by atoms with E-state index < -0.39 is 0 Å². The van der Waals surface area contributed by atoms with Gasteiger partial charge in [-0.2, -0.15) is 5.26 Å². The molecule has 106 valence electrons. The maximum Gasteiger partial charge on any atom is 0.158 e. The fraction of sp³-hybridized carbons (Fsp3) is 0.267. The first-order valence-corrected chi connectivity index (χ1v) is 6.61. The van der Waals surface area contributed by atoms with Crippen molar-refractivity contribution in [3.05, 3.63) is 53.7 Å². The SMILES string of the molecule is N#Cc1cnc(N2CCO[C@@H](c3ccccc3F)C2)cn1. The van der Waals surface area contributed by atoms with Crippen molar-refractivity contribution in [2.75, 3.05) is 24.6 Å². The first-order chi connectivity index (χ1) is 10.3. The first-order valence-electron chi connectivity index (χ1n) is 6.61. The summed E-state index contributed by atoms with van der Waals surface area (Å²) in [5.41, 5.74) is 0.821. The number of halogens is 1. The Morgan fingerprint density at radius 1 is 1.29 bits per heavy atom. The Hall–Kier alpha value is -2.52. The quantitative estimate of drug-likeness (QED) is 0.844. The summed E-state index contributed by atoms with van der Waals surface area (Å²) < 4.78 is 19.5. The summed E-state index contributed by atoms with van der Waals surface area (Å²) in [5, 5.41) is 8.73. The van der Waals surface area contributed by atoms with Gasteiger partial charge in [0.2, 0.25) is 0 Å². The zero-order valence-corrected chi connectivity index (χ0v) is 11.2. The summed E-state index contributed by atoms with van der Waals surface area (Å²) in [6.07, 6.45) is 2.66. The molecule has 1 atom stereocenters. The van der Waals surface area contributed by atoms with E-state index in [1.54, 1.807) is 24.4 Å². The maximum absolute atomic E-state index is 13.8. The van der Waals surface area contributed by atoms with E-state index in [1.807, 2.05) is 11.0 Å². The summed E-state index contributed by atoms with van der Waals surface area (Å²) in [6.45, 7) is 1.65. The van der Waals surface area contributed by atoms with E-state index in [4.69, 9.17) is 10.00 Å². The van der Waals surface area contributed by atoms with Crippen molar-refractivity contribution in [1.29, 1.82) is 5.26 Å². The smallest absolute Gasteiger partial charge is 0.158 e. The van der Waals surface area contributed by atoms with Crippen LogP contribution in [0.1, 0.15) is 17.4 Å². The van der Waals surface area contributed by atoms with Crippen molar-refractivity contribution < 1.29 is 9.13 Å². The lowest BCUT2D eigenvalue weighted by atomic mass is 10.1. The van der Waals surface area contributed by atoms with Crippen molar-refractivity contribution in [3.63, 3.8) is 0 Å². The summed E-state index contributed by atoms with van der Waals surface area (Å²) in [4.78, 5) is 10.2. The Morgan fingerprint density at radius 3 is 2.86 bits per heavy atom. The van der Waals surface area contributed by atoms with Gasteiger partial charge in [0.1, 0.15) is 23.8 Å². The largest absolute Gasteiger partial charge is 0.370 e. The predicted octanol–water partition coefficient (Wildman–Crippen LogP) is 2.07.